The maximum atomic E-state index is 12.4. The van der Waals surface area contributed by atoms with Crippen LogP contribution in [0.4, 0.5) is 21.0 Å². The number of hydrogen-bond donors (Lipinski definition) is 4. The summed E-state index contributed by atoms with van der Waals surface area (Å²) in [6.45, 7) is 14.1. The molecule has 0 aromatic heterocycles. The molecular weight excluding hydrogens is 424 g/mol. The Balaban J connectivity index is 2.53. The minimum absolute atomic E-state index is 0.145. The van der Waals surface area contributed by atoms with Gasteiger partial charge in [0.25, 0.3) is 0 Å². The quantitative estimate of drug-likeness (QED) is 0.410. The summed E-state index contributed by atoms with van der Waals surface area (Å²) in [6.07, 6.45) is -1.44. The molecule has 2 rings (SSSR count). The Labute approximate surface area is 194 Å². The van der Waals surface area contributed by atoms with Crippen molar-refractivity contribution >= 4 is 23.6 Å². The van der Waals surface area contributed by atoms with E-state index in [0.717, 1.165) is 0 Å². The number of anilines is 2. The molecule has 0 aliphatic rings. The van der Waals surface area contributed by atoms with E-state index in [1.54, 1.807) is 65.8 Å². The van der Waals surface area contributed by atoms with Crippen molar-refractivity contribution in [3.05, 3.63) is 47.5 Å². The van der Waals surface area contributed by atoms with Crippen LogP contribution in [0.1, 0.15) is 66.5 Å². The van der Waals surface area contributed by atoms with Crippen LogP contribution in [0.25, 0.3) is 0 Å². The van der Waals surface area contributed by atoms with Crippen molar-refractivity contribution in [2.24, 2.45) is 0 Å². The highest BCUT2D eigenvalue weighted by Gasteiger charge is 2.33. The van der Waals surface area contributed by atoms with Crippen molar-refractivity contribution in [1.82, 2.24) is 0 Å². The fourth-order valence-electron chi connectivity index (χ4n) is 3.34. The van der Waals surface area contributed by atoms with Gasteiger partial charge in [-0.2, -0.15) is 0 Å². The van der Waals surface area contributed by atoms with Crippen LogP contribution in [0.2, 0.25) is 0 Å². The molecule has 0 aliphatic heterocycles. The molecule has 0 unspecified atom stereocenters. The maximum absolute atomic E-state index is 12.4. The van der Waals surface area contributed by atoms with Gasteiger partial charge in [0.15, 0.2) is 0 Å². The number of phenols is 2. The number of nitrogens with one attached hydrogen (secondary N) is 2. The van der Waals surface area contributed by atoms with E-state index in [1.165, 1.54) is 12.1 Å². The van der Waals surface area contributed by atoms with Gasteiger partial charge >= 0.3 is 12.2 Å². The Morgan fingerprint density at radius 1 is 0.667 bits per heavy atom. The van der Waals surface area contributed by atoms with Crippen LogP contribution in [0.5, 0.6) is 11.5 Å². The predicted molar refractivity (Wildman–Crippen MR) is 128 cm³/mol. The molecule has 0 heterocycles. The molecule has 0 bridgehead atoms. The Hall–Kier alpha value is -3.42. The molecule has 0 spiro atoms. The number of amides is 2. The van der Waals surface area contributed by atoms with E-state index in [1.807, 2.05) is 13.8 Å². The molecule has 0 saturated heterocycles. The van der Waals surface area contributed by atoms with Gasteiger partial charge in [-0.05, 0) is 64.8 Å². The second kappa shape index (κ2) is 9.21. The van der Waals surface area contributed by atoms with Crippen LogP contribution in [-0.2, 0) is 14.9 Å². The summed E-state index contributed by atoms with van der Waals surface area (Å²) >= 11 is 0. The van der Waals surface area contributed by atoms with Crippen LogP contribution >= 0.6 is 0 Å². The summed E-state index contributed by atoms with van der Waals surface area (Å²) in [6, 6.07) is 9.69. The zero-order valence-electron chi connectivity index (χ0n) is 20.5. The first-order valence-electron chi connectivity index (χ1n) is 10.7. The molecule has 0 radical (unpaired) electrons. The Morgan fingerprint density at radius 3 is 1.30 bits per heavy atom. The van der Waals surface area contributed by atoms with E-state index in [-0.39, 0.29) is 22.9 Å². The summed E-state index contributed by atoms with van der Waals surface area (Å²) in [5.41, 5.74) is -0.893. The highest BCUT2D eigenvalue weighted by atomic mass is 16.6. The number of carbonyl (C=O) groups is 2. The largest absolute Gasteiger partial charge is 0.506 e. The molecule has 8 heteroatoms. The van der Waals surface area contributed by atoms with E-state index in [2.05, 4.69) is 10.6 Å². The molecule has 8 nitrogen and oxygen atoms in total. The predicted octanol–water partition coefficient (Wildman–Crippen LogP) is 6.12. The van der Waals surface area contributed by atoms with Crippen LogP contribution in [0.3, 0.4) is 0 Å². The Morgan fingerprint density at radius 2 is 1.00 bits per heavy atom. The van der Waals surface area contributed by atoms with E-state index in [4.69, 9.17) is 9.47 Å². The van der Waals surface area contributed by atoms with Gasteiger partial charge in [-0.15, -0.1) is 0 Å². The van der Waals surface area contributed by atoms with E-state index < -0.39 is 28.8 Å². The number of rotatable bonds is 4. The molecule has 2 aromatic rings. The third kappa shape index (κ3) is 6.78. The SMILES string of the molecule is CC(C)(C)OC(=O)Nc1c(O)cccc1C(C)(C)c1cccc(O)c1NC(=O)OC(C)(C)C. The lowest BCUT2D eigenvalue weighted by Crippen LogP contribution is -2.30. The minimum Gasteiger partial charge on any atom is -0.506 e. The average molecular weight is 459 g/mol. The van der Waals surface area contributed by atoms with Gasteiger partial charge in [-0.1, -0.05) is 38.1 Å². The first-order valence-corrected chi connectivity index (χ1v) is 10.7. The van der Waals surface area contributed by atoms with Gasteiger partial charge in [-0.3, -0.25) is 10.6 Å². The summed E-state index contributed by atoms with van der Waals surface area (Å²) in [4.78, 5) is 24.9. The van der Waals surface area contributed by atoms with Gasteiger partial charge in [0, 0.05) is 5.41 Å². The standard InChI is InChI=1S/C25H34N2O6/c1-23(2,3)32-21(30)26-19-15(11-9-13-17(19)28)25(7,8)16-12-10-14-18(29)20(16)27-22(31)33-24(4,5)6/h9-14,28-29H,1-8H3,(H,26,30)(H,27,31). The van der Waals surface area contributed by atoms with Crippen LogP contribution in [0.15, 0.2) is 36.4 Å². The smallest absolute Gasteiger partial charge is 0.412 e. The molecule has 2 amide bonds. The van der Waals surface area contributed by atoms with Gasteiger partial charge in [-0.25, -0.2) is 9.59 Å². The maximum Gasteiger partial charge on any atom is 0.412 e. The first kappa shape index (κ1) is 25.8. The zero-order chi connectivity index (χ0) is 25.2. The highest BCUT2D eigenvalue weighted by Crippen LogP contribution is 2.44. The van der Waals surface area contributed by atoms with Crippen molar-refractivity contribution < 1.29 is 29.3 Å². The number of carbonyl (C=O) groups excluding carboxylic acids is 2. The lowest BCUT2D eigenvalue weighted by molar-refractivity contribution is 0.0624. The molecule has 180 valence electrons. The van der Waals surface area contributed by atoms with Crippen molar-refractivity contribution in [3.63, 3.8) is 0 Å². The summed E-state index contributed by atoms with van der Waals surface area (Å²) in [5.74, 6) is -0.290. The van der Waals surface area contributed by atoms with E-state index in [9.17, 15) is 19.8 Å². The normalized spacial score (nSPS) is 12.1. The molecule has 0 fully saturated rings. The van der Waals surface area contributed by atoms with Gasteiger partial charge in [0.1, 0.15) is 22.7 Å². The van der Waals surface area contributed by atoms with Gasteiger partial charge in [0.2, 0.25) is 0 Å². The van der Waals surface area contributed by atoms with E-state index in [0.29, 0.717) is 11.1 Å². The number of hydrogen-bond acceptors (Lipinski definition) is 6. The molecule has 4 N–H and O–H groups in total. The van der Waals surface area contributed by atoms with Crippen molar-refractivity contribution in [2.75, 3.05) is 10.6 Å². The number of phenolic OH excluding ortho intramolecular Hbond substituents is 2. The second-order valence-electron chi connectivity index (χ2n) is 10.3. The fourth-order valence-corrected chi connectivity index (χ4v) is 3.34. The minimum atomic E-state index is -0.883. The van der Waals surface area contributed by atoms with Gasteiger partial charge in [0.05, 0.1) is 11.4 Å². The van der Waals surface area contributed by atoms with Crippen molar-refractivity contribution in [3.8, 4) is 11.5 Å². The number of aromatic hydroxyl groups is 2. The second-order valence-corrected chi connectivity index (χ2v) is 10.3. The first-order chi connectivity index (χ1) is 15.0. The van der Waals surface area contributed by atoms with E-state index >= 15 is 0 Å². The lowest BCUT2D eigenvalue weighted by atomic mass is 9.76. The number of ether oxygens (including phenoxy) is 2. The monoisotopic (exact) mass is 458 g/mol. The third-order valence-corrected chi connectivity index (χ3v) is 4.68. The van der Waals surface area contributed by atoms with Crippen LogP contribution in [-0.4, -0.2) is 33.6 Å². The summed E-state index contributed by atoms with van der Waals surface area (Å²) in [7, 11) is 0. The summed E-state index contributed by atoms with van der Waals surface area (Å²) < 4.78 is 10.7. The van der Waals surface area contributed by atoms with Crippen molar-refractivity contribution in [1.29, 1.82) is 0 Å². The number of benzene rings is 2. The number of para-hydroxylation sites is 2. The fraction of sp³-hybridized carbons (Fsp3) is 0.440. The molecule has 0 saturated carbocycles. The average Bonchev–Trinajstić information content (AvgIpc) is 2.61. The lowest BCUT2D eigenvalue weighted by Gasteiger charge is -2.31. The summed E-state index contributed by atoms with van der Waals surface area (Å²) in [5, 5.41) is 26.3. The Bertz CT molecular complexity index is 951. The molecule has 33 heavy (non-hydrogen) atoms. The highest BCUT2D eigenvalue weighted by molar-refractivity contribution is 5.91. The van der Waals surface area contributed by atoms with Crippen molar-refractivity contribution in [2.45, 2.75) is 72.0 Å². The molecule has 0 atom stereocenters. The molecular formula is C25H34N2O6. The topological polar surface area (TPSA) is 117 Å². The molecule has 0 aliphatic carbocycles. The van der Waals surface area contributed by atoms with Gasteiger partial charge < -0.3 is 19.7 Å². The zero-order valence-corrected chi connectivity index (χ0v) is 20.5. The third-order valence-electron chi connectivity index (χ3n) is 4.68. The Kier molecular flexibility index (Phi) is 7.21. The van der Waals surface area contributed by atoms with Crippen LogP contribution in [0, 0.1) is 0 Å². The van der Waals surface area contributed by atoms with Crippen LogP contribution < -0.4 is 10.6 Å². The molecule has 2 aromatic carbocycles.